The Morgan fingerprint density at radius 2 is 2.08 bits per heavy atom. The lowest BCUT2D eigenvalue weighted by molar-refractivity contribution is -0.132. The molecule has 0 bridgehead atoms. The molecule has 0 heterocycles. The van der Waals surface area contributed by atoms with E-state index in [1.165, 1.54) is 6.08 Å². The number of nitriles is 1. The molecule has 0 rings (SSSR count). The van der Waals surface area contributed by atoms with Crippen LogP contribution < -0.4 is 0 Å². The van der Waals surface area contributed by atoms with Crippen LogP contribution in [0.4, 0.5) is 0 Å². The minimum absolute atomic E-state index is 0.141. The van der Waals surface area contributed by atoms with Crippen molar-refractivity contribution in [1.29, 1.82) is 5.26 Å². The zero-order valence-corrected chi connectivity index (χ0v) is 9.29. The molecule has 0 fully saturated rings. The number of carboxylic acids is 1. The van der Waals surface area contributed by atoms with Gasteiger partial charge in [-0.05, 0) is 6.42 Å². The molecule has 3 nitrogen and oxygen atoms in total. The van der Waals surface area contributed by atoms with Gasteiger partial charge in [-0.2, -0.15) is 5.26 Å². The van der Waals surface area contributed by atoms with Gasteiger partial charge in [0.1, 0.15) is 11.6 Å². The van der Waals surface area contributed by atoms with Crippen molar-refractivity contribution in [3.63, 3.8) is 0 Å². The van der Waals surface area contributed by atoms with Gasteiger partial charge in [0.15, 0.2) is 0 Å². The van der Waals surface area contributed by atoms with Crippen LogP contribution in [0.5, 0.6) is 0 Å². The topological polar surface area (TPSA) is 61.1 Å². The van der Waals surface area contributed by atoms with Crippen LogP contribution in [0.25, 0.3) is 0 Å². The maximum absolute atomic E-state index is 10.4. The molecule has 4 heteroatoms. The van der Waals surface area contributed by atoms with Crippen LogP contribution in [-0.2, 0) is 4.79 Å². The first kappa shape index (κ1) is 11.9. The summed E-state index contributed by atoms with van der Waals surface area (Å²) in [5, 5.41) is 17.0. The number of nitrogens with zero attached hydrogens (tertiary/aromatic N) is 1. The van der Waals surface area contributed by atoms with Crippen molar-refractivity contribution >= 4 is 14.0 Å². The van der Waals surface area contributed by atoms with Crippen molar-refractivity contribution in [1.82, 2.24) is 0 Å². The summed E-state index contributed by atoms with van der Waals surface area (Å²) in [6.07, 6.45) is 2.21. The Hall–Kier alpha value is -1.08. The highest BCUT2D eigenvalue weighted by Crippen LogP contribution is 2.12. The summed E-state index contributed by atoms with van der Waals surface area (Å²) in [7, 11) is -1.12. The molecule has 0 saturated carbocycles. The molecule has 0 amide bonds. The van der Waals surface area contributed by atoms with E-state index in [-0.39, 0.29) is 5.57 Å². The lowest BCUT2D eigenvalue weighted by Crippen LogP contribution is -2.18. The first-order chi connectivity index (χ1) is 5.87. The monoisotopic (exact) mass is 197 g/mol. The van der Waals surface area contributed by atoms with E-state index < -0.39 is 14.0 Å². The van der Waals surface area contributed by atoms with E-state index in [1.807, 2.05) is 0 Å². The number of carbonyl (C=O) groups is 1. The minimum Gasteiger partial charge on any atom is -0.477 e. The summed E-state index contributed by atoms with van der Waals surface area (Å²) >= 11 is 0. The Morgan fingerprint density at radius 1 is 1.54 bits per heavy atom. The third kappa shape index (κ3) is 6.11. The third-order valence-corrected chi connectivity index (χ3v) is 3.38. The summed E-state index contributed by atoms with van der Waals surface area (Å²) in [6.45, 7) is 6.65. The van der Waals surface area contributed by atoms with Crippen molar-refractivity contribution in [2.45, 2.75) is 32.1 Å². The molecule has 72 valence electrons. The highest BCUT2D eigenvalue weighted by molar-refractivity contribution is 6.76. The second-order valence-electron chi connectivity index (χ2n) is 4.13. The predicted octanol–water partition coefficient (Wildman–Crippen LogP) is 2.25. The van der Waals surface area contributed by atoms with Crippen LogP contribution in [0.3, 0.4) is 0 Å². The van der Waals surface area contributed by atoms with E-state index in [9.17, 15) is 4.79 Å². The molecule has 0 aromatic carbocycles. The van der Waals surface area contributed by atoms with Crippen LogP contribution in [0, 0.1) is 11.3 Å². The second kappa shape index (κ2) is 4.82. The predicted molar refractivity (Wildman–Crippen MR) is 54.1 cm³/mol. The Balaban J connectivity index is 4.12. The average Bonchev–Trinajstić information content (AvgIpc) is 1.95. The molecule has 0 aromatic heterocycles. The van der Waals surface area contributed by atoms with E-state index in [0.29, 0.717) is 6.42 Å². The number of carboxylic acid groups (broad SMARTS) is 1. The standard InChI is InChI=1S/C9H15NO2Si/c1-13(2,3)6-4-5-8(7-10)9(11)12/h5H,4,6H2,1-3H3,(H,11,12). The summed E-state index contributed by atoms with van der Waals surface area (Å²) in [5.74, 6) is -1.13. The number of hydrogen-bond donors (Lipinski definition) is 1. The van der Waals surface area contributed by atoms with Crippen molar-refractivity contribution in [2.75, 3.05) is 0 Å². The fourth-order valence-electron chi connectivity index (χ4n) is 0.830. The highest BCUT2D eigenvalue weighted by atomic mass is 28.3. The fraction of sp³-hybridized carbons (Fsp3) is 0.556. The second-order valence-corrected chi connectivity index (χ2v) is 9.76. The Bertz CT molecular complexity index is 258. The van der Waals surface area contributed by atoms with Crippen LogP contribution in [0.15, 0.2) is 11.6 Å². The summed E-state index contributed by atoms with van der Waals surface area (Å²) in [6, 6.07) is 2.68. The van der Waals surface area contributed by atoms with E-state index in [0.717, 1.165) is 6.04 Å². The van der Waals surface area contributed by atoms with Crippen LogP contribution in [0.1, 0.15) is 6.42 Å². The molecule has 0 spiro atoms. The van der Waals surface area contributed by atoms with Crippen LogP contribution in [0.2, 0.25) is 25.7 Å². The van der Waals surface area contributed by atoms with Crippen LogP contribution in [-0.4, -0.2) is 19.1 Å². The highest BCUT2D eigenvalue weighted by Gasteiger charge is 2.12. The molecule has 0 atom stereocenters. The average molecular weight is 197 g/mol. The smallest absolute Gasteiger partial charge is 0.346 e. The van der Waals surface area contributed by atoms with Gasteiger partial charge in [-0.3, -0.25) is 0 Å². The number of aliphatic carboxylic acids is 1. The number of hydrogen-bond acceptors (Lipinski definition) is 2. The normalized spacial score (nSPS) is 12.3. The molecule has 1 N–H and O–H groups in total. The zero-order valence-electron chi connectivity index (χ0n) is 8.29. The van der Waals surface area contributed by atoms with Gasteiger partial charge in [0.25, 0.3) is 0 Å². The molecule has 0 aliphatic carbocycles. The van der Waals surface area contributed by atoms with Gasteiger partial charge in [0.05, 0.1) is 0 Å². The Kier molecular flexibility index (Phi) is 4.42. The molecular weight excluding hydrogens is 182 g/mol. The summed E-state index contributed by atoms with van der Waals surface area (Å²) in [4.78, 5) is 10.4. The van der Waals surface area contributed by atoms with Crippen molar-refractivity contribution in [2.24, 2.45) is 0 Å². The van der Waals surface area contributed by atoms with Crippen molar-refractivity contribution in [3.05, 3.63) is 11.6 Å². The number of allylic oxidation sites excluding steroid dienone is 1. The fourth-order valence-corrected chi connectivity index (χ4v) is 1.84. The van der Waals surface area contributed by atoms with Gasteiger partial charge in [-0.1, -0.05) is 31.8 Å². The molecule has 0 aliphatic rings. The maximum atomic E-state index is 10.4. The molecule has 0 aromatic rings. The first-order valence-electron chi connectivity index (χ1n) is 4.20. The van der Waals surface area contributed by atoms with E-state index >= 15 is 0 Å². The first-order valence-corrected chi connectivity index (χ1v) is 7.91. The molecule has 0 unspecified atom stereocenters. The van der Waals surface area contributed by atoms with Gasteiger partial charge in [0, 0.05) is 8.07 Å². The lowest BCUT2D eigenvalue weighted by atomic mass is 10.2. The molecule has 13 heavy (non-hydrogen) atoms. The maximum Gasteiger partial charge on any atom is 0.346 e. The minimum atomic E-state index is -1.13. The quantitative estimate of drug-likeness (QED) is 0.427. The van der Waals surface area contributed by atoms with Gasteiger partial charge in [-0.15, -0.1) is 0 Å². The van der Waals surface area contributed by atoms with Crippen LogP contribution >= 0.6 is 0 Å². The van der Waals surface area contributed by atoms with Gasteiger partial charge >= 0.3 is 5.97 Å². The Morgan fingerprint density at radius 3 is 2.38 bits per heavy atom. The molecule has 0 saturated heterocycles. The number of rotatable bonds is 4. The Labute approximate surface area is 79.7 Å². The van der Waals surface area contributed by atoms with Crippen molar-refractivity contribution < 1.29 is 9.90 Å². The molecular formula is C9H15NO2Si. The SMILES string of the molecule is C[Si](C)(C)CCC=C(C#N)C(=O)O. The summed E-state index contributed by atoms with van der Waals surface area (Å²) < 4.78 is 0. The van der Waals surface area contributed by atoms with Gasteiger partial charge < -0.3 is 5.11 Å². The summed E-state index contributed by atoms with van der Waals surface area (Å²) in [5.41, 5.74) is -0.141. The molecule has 0 radical (unpaired) electrons. The van der Waals surface area contributed by atoms with Crippen molar-refractivity contribution in [3.8, 4) is 6.07 Å². The lowest BCUT2D eigenvalue weighted by Gasteiger charge is -2.13. The largest absolute Gasteiger partial charge is 0.477 e. The van der Waals surface area contributed by atoms with Gasteiger partial charge in [-0.25, -0.2) is 4.79 Å². The van der Waals surface area contributed by atoms with E-state index in [2.05, 4.69) is 19.6 Å². The van der Waals surface area contributed by atoms with E-state index in [1.54, 1.807) is 6.07 Å². The third-order valence-electron chi connectivity index (χ3n) is 1.59. The molecule has 0 aliphatic heterocycles. The van der Waals surface area contributed by atoms with E-state index in [4.69, 9.17) is 10.4 Å². The zero-order chi connectivity index (χ0) is 10.5. The van der Waals surface area contributed by atoms with Gasteiger partial charge in [0.2, 0.25) is 0 Å².